The molecule has 0 fully saturated rings. The lowest BCUT2D eigenvalue weighted by Crippen LogP contribution is -2.20. The molecule has 1 unspecified atom stereocenters. The van der Waals surface area contributed by atoms with Gasteiger partial charge in [0.15, 0.2) is 0 Å². The number of carbonyl (C=O) groups is 1. The number of nitrogens with two attached hydrogens (primary N) is 1. The molecule has 12 heavy (non-hydrogen) atoms. The SMILES string of the molecule is CCOC(=O)C(CC#N)CCN. The van der Waals surface area contributed by atoms with Gasteiger partial charge in [0.2, 0.25) is 0 Å². The minimum Gasteiger partial charge on any atom is -0.466 e. The third-order valence-corrected chi connectivity index (χ3v) is 1.47. The van der Waals surface area contributed by atoms with Crippen molar-refractivity contribution in [1.29, 1.82) is 5.26 Å². The molecule has 0 heterocycles. The van der Waals surface area contributed by atoms with Crippen LogP contribution in [0.3, 0.4) is 0 Å². The Morgan fingerprint density at radius 2 is 2.42 bits per heavy atom. The lowest BCUT2D eigenvalue weighted by molar-refractivity contribution is -0.148. The van der Waals surface area contributed by atoms with Gasteiger partial charge in [-0.3, -0.25) is 4.79 Å². The fourth-order valence-electron chi connectivity index (χ4n) is 0.875. The van der Waals surface area contributed by atoms with Gasteiger partial charge < -0.3 is 10.5 Å². The maximum Gasteiger partial charge on any atom is 0.310 e. The quantitative estimate of drug-likeness (QED) is 0.607. The highest BCUT2D eigenvalue weighted by Crippen LogP contribution is 2.08. The monoisotopic (exact) mass is 170 g/mol. The van der Waals surface area contributed by atoms with E-state index in [1.807, 2.05) is 6.07 Å². The zero-order valence-corrected chi connectivity index (χ0v) is 7.25. The van der Waals surface area contributed by atoms with E-state index >= 15 is 0 Å². The molecule has 0 amide bonds. The van der Waals surface area contributed by atoms with Crippen LogP contribution in [-0.4, -0.2) is 19.1 Å². The second-order valence-corrected chi connectivity index (χ2v) is 2.39. The average molecular weight is 170 g/mol. The Kier molecular flexibility index (Phi) is 6.02. The van der Waals surface area contributed by atoms with Crippen molar-refractivity contribution in [2.45, 2.75) is 19.8 Å². The second kappa shape index (κ2) is 6.62. The third-order valence-electron chi connectivity index (χ3n) is 1.47. The molecule has 4 nitrogen and oxygen atoms in total. The summed E-state index contributed by atoms with van der Waals surface area (Å²) in [7, 11) is 0. The first-order chi connectivity index (χ1) is 5.76. The molecule has 2 N–H and O–H groups in total. The summed E-state index contributed by atoms with van der Waals surface area (Å²) in [4.78, 5) is 11.1. The molecular formula is C8H14N2O2. The summed E-state index contributed by atoms with van der Waals surface area (Å²) in [6.07, 6.45) is 0.711. The van der Waals surface area contributed by atoms with Crippen molar-refractivity contribution >= 4 is 5.97 Å². The molecule has 1 atom stereocenters. The Morgan fingerprint density at radius 3 is 2.83 bits per heavy atom. The van der Waals surface area contributed by atoms with Gasteiger partial charge in [0, 0.05) is 6.42 Å². The Morgan fingerprint density at radius 1 is 1.75 bits per heavy atom. The largest absolute Gasteiger partial charge is 0.466 e. The summed E-state index contributed by atoms with van der Waals surface area (Å²) in [5.74, 6) is -0.663. The average Bonchev–Trinajstić information content (AvgIpc) is 2.04. The third kappa shape index (κ3) is 3.94. The van der Waals surface area contributed by atoms with Gasteiger partial charge in [-0.2, -0.15) is 5.26 Å². The Labute approximate surface area is 72.3 Å². The normalized spacial score (nSPS) is 11.8. The minimum absolute atomic E-state index is 0.191. The number of rotatable bonds is 5. The number of ether oxygens (including phenoxy) is 1. The van der Waals surface area contributed by atoms with Crippen molar-refractivity contribution in [3.05, 3.63) is 0 Å². The zero-order valence-electron chi connectivity index (χ0n) is 7.25. The molecule has 0 aliphatic rings. The smallest absolute Gasteiger partial charge is 0.310 e. The summed E-state index contributed by atoms with van der Waals surface area (Å²) >= 11 is 0. The van der Waals surface area contributed by atoms with Crippen LogP contribution in [0.4, 0.5) is 0 Å². The molecule has 68 valence electrons. The fourth-order valence-corrected chi connectivity index (χ4v) is 0.875. The molecule has 0 bridgehead atoms. The second-order valence-electron chi connectivity index (χ2n) is 2.39. The van der Waals surface area contributed by atoms with Crippen LogP contribution in [-0.2, 0) is 9.53 Å². The summed E-state index contributed by atoms with van der Waals surface area (Å²) in [6.45, 7) is 2.50. The maximum atomic E-state index is 11.1. The first-order valence-electron chi connectivity index (χ1n) is 3.99. The van der Waals surface area contributed by atoms with Crippen molar-refractivity contribution in [2.75, 3.05) is 13.2 Å². The highest BCUT2D eigenvalue weighted by Gasteiger charge is 2.17. The van der Waals surface area contributed by atoms with Crippen molar-refractivity contribution in [3.8, 4) is 6.07 Å². The summed E-state index contributed by atoms with van der Waals surface area (Å²) < 4.78 is 4.76. The molecule has 0 aromatic rings. The van der Waals surface area contributed by atoms with Gasteiger partial charge in [0.1, 0.15) is 0 Å². The van der Waals surface area contributed by atoms with Crippen LogP contribution in [0.2, 0.25) is 0 Å². The number of esters is 1. The molecule has 4 heteroatoms. The predicted octanol–water partition coefficient (Wildman–Crippen LogP) is 0.428. The summed E-state index contributed by atoms with van der Waals surface area (Å²) in [5, 5.41) is 8.38. The number of hydrogen-bond donors (Lipinski definition) is 1. The van der Waals surface area contributed by atoms with E-state index in [2.05, 4.69) is 0 Å². The molecule has 0 radical (unpaired) electrons. The van der Waals surface area contributed by atoms with E-state index < -0.39 is 0 Å². The van der Waals surface area contributed by atoms with Crippen LogP contribution in [0.5, 0.6) is 0 Å². The predicted molar refractivity (Wildman–Crippen MR) is 44.0 cm³/mol. The molecule has 0 aromatic carbocycles. The standard InChI is InChI=1S/C8H14N2O2/c1-2-12-8(11)7(3-5-9)4-6-10/h7H,2-5,9H2,1H3. The molecule has 0 aliphatic heterocycles. The Bertz CT molecular complexity index is 174. The van der Waals surface area contributed by atoms with E-state index in [1.165, 1.54) is 0 Å². The fraction of sp³-hybridized carbons (Fsp3) is 0.750. The van der Waals surface area contributed by atoms with E-state index in [9.17, 15) is 4.79 Å². The van der Waals surface area contributed by atoms with Gasteiger partial charge in [0.25, 0.3) is 0 Å². The number of carbonyl (C=O) groups excluding carboxylic acids is 1. The molecule has 0 aliphatic carbocycles. The van der Waals surface area contributed by atoms with E-state index in [1.54, 1.807) is 6.92 Å². The van der Waals surface area contributed by atoms with Crippen LogP contribution in [0, 0.1) is 17.2 Å². The van der Waals surface area contributed by atoms with Crippen LogP contribution >= 0.6 is 0 Å². The van der Waals surface area contributed by atoms with Gasteiger partial charge in [-0.05, 0) is 19.9 Å². The number of nitrogens with zero attached hydrogens (tertiary/aromatic N) is 1. The molecular weight excluding hydrogens is 156 g/mol. The first kappa shape index (κ1) is 10.9. The van der Waals surface area contributed by atoms with Crippen molar-refractivity contribution in [3.63, 3.8) is 0 Å². The van der Waals surface area contributed by atoms with Gasteiger partial charge in [-0.15, -0.1) is 0 Å². The lowest BCUT2D eigenvalue weighted by Gasteiger charge is -2.10. The van der Waals surface area contributed by atoms with Gasteiger partial charge in [-0.1, -0.05) is 0 Å². The highest BCUT2D eigenvalue weighted by atomic mass is 16.5. The van der Waals surface area contributed by atoms with Gasteiger partial charge in [-0.25, -0.2) is 0 Å². The van der Waals surface area contributed by atoms with Crippen molar-refractivity contribution < 1.29 is 9.53 Å². The van der Waals surface area contributed by atoms with E-state index in [0.29, 0.717) is 19.6 Å². The highest BCUT2D eigenvalue weighted by molar-refractivity contribution is 5.72. The van der Waals surface area contributed by atoms with Crippen molar-refractivity contribution in [2.24, 2.45) is 11.7 Å². The maximum absolute atomic E-state index is 11.1. The van der Waals surface area contributed by atoms with E-state index in [0.717, 1.165) is 0 Å². The van der Waals surface area contributed by atoms with E-state index in [4.69, 9.17) is 15.7 Å². The molecule has 0 rings (SSSR count). The topological polar surface area (TPSA) is 76.1 Å². The Hall–Kier alpha value is -1.08. The number of hydrogen-bond acceptors (Lipinski definition) is 4. The van der Waals surface area contributed by atoms with Crippen LogP contribution in [0.1, 0.15) is 19.8 Å². The molecule has 0 saturated carbocycles. The first-order valence-corrected chi connectivity index (χ1v) is 3.99. The van der Waals surface area contributed by atoms with Crippen molar-refractivity contribution in [1.82, 2.24) is 0 Å². The zero-order chi connectivity index (χ0) is 9.40. The van der Waals surface area contributed by atoms with Crippen LogP contribution in [0.25, 0.3) is 0 Å². The van der Waals surface area contributed by atoms with Crippen LogP contribution in [0.15, 0.2) is 0 Å². The van der Waals surface area contributed by atoms with Gasteiger partial charge in [0.05, 0.1) is 18.6 Å². The summed E-state index contributed by atoms with van der Waals surface area (Å²) in [6, 6.07) is 1.94. The van der Waals surface area contributed by atoms with Crippen LogP contribution < -0.4 is 5.73 Å². The summed E-state index contributed by atoms with van der Waals surface area (Å²) in [5.41, 5.74) is 5.28. The number of nitriles is 1. The molecule has 0 saturated heterocycles. The Balaban J connectivity index is 3.92. The lowest BCUT2D eigenvalue weighted by atomic mass is 10.0. The van der Waals surface area contributed by atoms with E-state index in [-0.39, 0.29) is 18.3 Å². The van der Waals surface area contributed by atoms with Gasteiger partial charge >= 0.3 is 5.97 Å². The minimum atomic E-state index is -0.347. The molecule has 0 spiro atoms. The molecule has 0 aromatic heterocycles.